The third-order valence-electron chi connectivity index (χ3n) is 2.81. The van der Waals surface area contributed by atoms with Crippen molar-refractivity contribution in [3.63, 3.8) is 0 Å². The first-order chi connectivity index (χ1) is 10.3. The lowest BCUT2D eigenvalue weighted by Crippen LogP contribution is -2.18. The molecule has 0 aliphatic heterocycles. The second-order valence-electron chi connectivity index (χ2n) is 4.49. The van der Waals surface area contributed by atoms with Gasteiger partial charge in [0, 0.05) is 25.5 Å². The summed E-state index contributed by atoms with van der Waals surface area (Å²) in [4.78, 5) is 14.9. The molecule has 0 saturated carbocycles. The van der Waals surface area contributed by atoms with Crippen LogP contribution in [0.1, 0.15) is 22.5 Å². The summed E-state index contributed by atoms with van der Waals surface area (Å²) in [7, 11) is 0. The lowest BCUT2D eigenvalue weighted by atomic mass is 10.3. The van der Waals surface area contributed by atoms with Crippen LogP contribution in [0.4, 0.5) is 5.82 Å². The smallest absolute Gasteiger partial charge is 0.269 e. The van der Waals surface area contributed by atoms with E-state index in [4.69, 9.17) is 5.73 Å². The minimum absolute atomic E-state index is 0.165. The summed E-state index contributed by atoms with van der Waals surface area (Å²) < 4.78 is 0. The molecule has 0 aromatic carbocycles. The average molecular weight is 286 g/mol. The molecule has 7 heteroatoms. The fourth-order valence-electron chi connectivity index (χ4n) is 1.72. The van der Waals surface area contributed by atoms with Gasteiger partial charge in [-0.1, -0.05) is 6.07 Å². The second kappa shape index (κ2) is 7.91. The van der Waals surface area contributed by atoms with Gasteiger partial charge < -0.3 is 16.4 Å². The Morgan fingerprint density at radius 3 is 2.76 bits per heavy atom. The van der Waals surface area contributed by atoms with Crippen molar-refractivity contribution in [2.45, 2.75) is 13.0 Å². The Morgan fingerprint density at radius 2 is 2.10 bits per heavy atom. The van der Waals surface area contributed by atoms with Gasteiger partial charge in [0.15, 0.2) is 5.69 Å². The first-order valence-electron chi connectivity index (χ1n) is 6.73. The van der Waals surface area contributed by atoms with Crippen molar-refractivity contribution in [2.24, 2.45) is 5.73 Å². The number of hydrogen-bond acceptors (Lipinski definition) is 6. The van der Waals surface area contributed by atoms with E-state index in [1.807, 2.05) is 18.3 Å². The minimum Gasteiger partial charge on any atom is -0.369 e. The summed E-state index contributed by atoms with van der Waals surface area (Å²) >= 11 is 0. The van der Waals surface area contributed by atoms with E-state index in [2.05, 4.69) is 25.8 Å². The third kappa shape index (κ3) is 5.15. The molecule has 2 rings (SSSR count). The number of carbonyl (C=O) groups excluding carboxylic acids is 1. The highest BCUT2D eigenvalue weighted by Crippen LogP contribution is 2.01. The van der Waals surface area contributed by atoms with Crippen LogP contribution in [0, 0.1) is 0 Å². The molecular weight excluding hydrogens is 268 g/mol. The Hall–Kier alpha value is -2.54. The van der Waals surface area contributed by atoms with Gasteiger partial charge in [0.2, 0.25) is 0 Å². The van der Waals surface area contributed by atoms with Crippen molar-refractivity contribution >= 4 is 11.7 Å². The lowest BCUT2D eigenvalue weighted by Gasteiger charge is -2.06. The molecular formula is C14H18N6O. The normalized spacial score (nSPS) is 10.3. The van der Waals surface area contributed by atoms with E-state index in [0.717, 1.165) is 26.1 Å². The predicted octanol–water partition coefficient (Wildman–Crippen LogP) is 0.562. The van der Waals surface area contributed by atoms with Gasteiger partial charge in [-0.2, -0.15) is 0 Å². The van der Waals surface area contributed by atoms with Crippen molar-refractivity contribution < 1.29 is 4.79 Å². The van der Waals surface area contributed by atoms with Crippen LogP contribution in [-0.4, -0.2) is 34.2 Å². The van der Waals surface area contributed by atoms with Crippen LogP contribution in [0.5, 0.6) is 0 Å². The number of amides is 1. The molecule has 0 radical (unpaired) electrons. The van der Waals surface area contributed by atoms with Gasteiger partial charge in [-0.05, 0) is 36.7 Å². The summed E-state index contributed by atoms with van der Waals surface area (Å²) in [6, 6.07) is 7.20. The summed E-state index contributed by atoms with van der Waals surface area (Å²) in [5.41, 5.74) is 6.42. The molecule has 2 aromatic rings. The first-order valence-corrected chi connectivity index (χ1v) is 6.73. The number of nitrogens with zero attached hydrogens (tertiary/aromatic N) is 3. The Bertz CT molecular complexity index is 557. The van der Waals surface area contributed by atoms with Gasteiger partial charge in [-0.25, -0.2) is 0 Å². The van der Waals surface area contributed by atoms with E-state index >= 15 is 0 Å². The highest BCUT2D eigenvalue weighted by Gasteiger charge is 2.02. The van der Waals surface area contributed by atoms with Crippen molar-refractivity contribution in [2.75, 3.05) is 18.4 Å². The zero-order valence-electron chi connectivity index (χ0n) is 11.6. The van der Waals surface area contributed by atoms with Gasteiger partial charge in [0.25, 0.3) is 5.91 Å². The highest BCUT2D eigenvalue weighted by atomic mass is 16.1. The van der Waals surface area contributed by atoms with Crippen molar-refractivity contribution in [3.05, 3.63) is 47.9 Å². The largest absolute Gasteiger partial charge is 0.369 e. The Balaban J connectivity index is 1.60. The monoisotopic (exact) mass is 286 g/mol. The summed E-state index contributed by atoms with van der Waals surface area (Å²) in [5.74, 6) is 0.0564. The van der Waals surface area contributed by atoms with E-state index in [1.54, 1.807) is 18.3 Å². The quantitative estimate of drug-likeness (QED) is 0.612. The third-order valence-corrected chi connectivity index (χ3v) is 2.81. The fraction of sp³-hybridized carbons (Fsp3) is 0.286. The molecule has 110 valence electrons. The molecule has 21 heavy (non-hydrogen) atoms. The molecule has 0 unspecified atom stereocenters. The van der Waals surface area contributed by atoms with Crippen LogP contribution in [0.15, 0.2) is 36.7 Å². The standard InChI is InChI=1S/C14H18N6O/c15-14(21)12-4-5-13(20-19-12)18-8-2-7-17-10-11-3-1-6-16-9-11/h1,3-6,9,17H,2,7-8,10H2,(H2,15,21)(H,18,20). The van der Waals surface area contributed by atoms with Crippen LogP contribution < -0.4 is 16.4 Å². The molecule has 0 fully saturated rings. The molecule has 0 spiro atoms. The maximum atomic E-state index is 10.8. The number of carbonyl (C=O) groups is 1. The summed E-state index contributed by atoms with van der Waals surface area (Å²) in [5, 5.41) is 14.1. The average Bonchev–Trinajstić information content (AvgIpc) is 2.52. The van der Waals surface area contributed by atoms with E-state index in [-0.39, 0.29) is 5.69 Å². The Morgan fingerprint density at radius 1 is 1.19 bits per heavy atom. The molecule has 7 nitrogen and oxygen atoms in total. The Labute approximate surface area is 123 Å². The zero-order valence-corrected chi connectivity index (χ0v) is 11.6. The first kappa shape index (κ1) is 14.9. The summed E-state index contributed by atoms with van der Waals surface area (Å²) in [6.45, 7) is 2.46. The van der Waals surface area contributed by atoms with Gasteiger partial charge in [0.1, 0.15) is 5.82 Å². The van der Waals surface area contributed by atoms with E-state index in [1.165, 1.54) is 5.56 Å². The maximum Gasteiger partial charge on any atom is 0.269 e. The molecule has 0 aliphatic carbocycles. The van der Waals surface area contributed by atoms with E-state index < -0.39 is 5.91 Å². The molecule has 0 saturated heterocycles. The van der Waals surface area contributed by atoms with Crippen LogP contribution in [-0.2, 0) is 6.54 Å². The van der Waals surface area contributed by atoms with Crippen molar-refractivity contribution in [3.8, 4) is 0 Å². The number of pyridine rings is 1. The number of aromatic nitrogens is 3. The van der Waals surface area contributed by atoms with Crippen molar-refractivity contribution in [1.82, 2.24) is 20.5 Å². The number of rotatable bonds is 8. The molecule has 0 aliphatic rings. The van der Waals surface area contributed by atoms with Gasteiger partial charge in [0.05, 0.1) is 0 Å². The molecule has 0 atom stereocenters. The topological polar surface area (TPSA) is 106 Å². The lowest BCUT2D eigenvalue weighted by molar-refractivity contribution is 0.0994. The highest BCUT2D eigenvalue weighted by molar-refractivity contribution is 5.90. The van der Waals surface area contributed by atoms with Gasteiger partial charge in [-0.3, -0.25) is 9.78 Å². The van der Waals surface area contributed by atoms with Crippen LogP contribution >= 0.6 is 0 Å². The number of hydrogen-bond donors (Lipinski definition) is 3. The second-order valence-corrected chi connectivity index (χ2v) is 4.49. The fourth-order valence-corrected chi connectivity index (χ4v) is 1.72. The van der Waals surface area contributed by atoms with E-state index in [9.17, 15) is 4.79 Å². The SMILES string of the molecule is NC(=O)c1ccc(NCCCNCc2cccnc2)nn1. The van der Waals surface area contributed by atoms with Gasteiger partial charge >= 0.3 is 0 Å². The van der Waals surface area contributed by atoms with E-state index in [0.29, 0.717) is 5.82 Å². The number of anilines is 1. The van der Waals surface area contributed by atoms with Gasteiger partial charge in [-0.15, -0.1) is 10.2 Å². The molecule has 2 heterocycles. The molecule has 4 N–H and O–H groups in total. The number of nitrogens with one attached hydrogen (secondary N) is 2. The maximum absolute atomic E-state index is 10.8. The summed E-state index contributed by atoms with van der Waals surface area (Å²) in [6.07, 6.45) is 4.55. The molecule has 2 aromatic heterocycles. The zero-order chi connectivity index (χ0) is 14.9. The van der Waals surface area contributed by atoms with Crippen molar-refractivity contribution in [1.29, 1.82) is 0 Å². The molecule has 1 amide bonds. The van der Waals surface area contributed by atoms with Crippen LogP contribution in [0.3, 0.4) is 0 Å². The number of nitrogens with two attached hydrogens (primary N) is 1. The van der Waals surface area contributed by atoms with Crippen LogP contribution in [0.2, 0.25) is 0 Å². The molecule has 0 bridgehead atoms. The minimum atomic E-state index is -0.575. The van der Waals surface area contributed by atoms with Crippen LogP contribution in [0.25, 0.3) is 0 Å². The Kier molecular flexibility index (Phi) is 5.60. The predicted molar refractivity (Wildman–Crippen MR) is 79.6 cm³/mol. The number of primary amides is 1.